The minimum Gasteiger partial charge on any atom is -0.328 e. The zero-order valence-electron chi connectivity index (χ0n) is 9.51. The van der Waals surface area contributed by atoms with Crippen LogP contribution in [0.1, 0.15) is 0 Å². The molecular formula is C13H14LiN2. The number of nitrogens with zero attached hydrogens (tertiary/aromatic N) is 1. The SMILES string of the molecule is NCN(c1ccccc1)c1ccccc1.[Li]. The van der Waals surface area contributed by atoms with Gasteiger partial charge in [-0.15, -0.1) is 0 Å². The predicted molar refractivity (Wildman–Crippen MR) is 69.8 cm³/mol. The van der Waals surface area contributed by atoms with E-state index >= 15 is 0 Å². The standard InChI is InChI=1S/C13H14N2.Li/c14-11-15(12-7-3-1-4-8-12)13-9-5-2-6-10-13;/h1-10H,11,14H2;. The second kappa shape index (κ2) is 6.40. The van der Waals surface area contributed by atoms with Crippen LogP contribution in [0.2, 0.25) is 0 Å². The Labute approximate surface area is 108 Å². The van der Waals surface area contributed by atoms with Crippen LogP contribution < -0.4 is 10.6 Å². The topological polar surface area (TPSA) is 29.3 Å². The van der Waals surface area contributed by atoms with Crippen molar-refractivity contribution >= 4 is 30.2 Å². The summed E-state index contributed by atoms with van der Waals surface area (Å²) in [5.74, 6) is 0. The molecule has 0 atom stereocenters. The van der Waals surface area contributed by atoms with Crippen LogP contribution in [0.5, 0.6) is 0 Å². The Hall–Kier alpha value is -1.20. The minimum atomic E-state index is 0. The van der Waals surface area contributed by atoms with Gasteiger partial charge in [-0.3, -0.25) is 0 Å². The number of anilines is 2. The summed E-state index contributed by atoms with van der Waals surface area (Å²) in [6.07, 6.45) is 0. The van der Waals surface area contributed by atoms with Gasteiger partial charge >= 0.3 is 0 Å². The van der Waals surface area contributed by atoms with Crippen LogP contribution in [0.25, 0.3) is 0 Å². The van der Waals surface area contributed by atoms with Crippen LogP contribution >= 0.6 is 0 Å². The third-order valence-corrected chi connectivity index (χ3v) is 2.32. The van der Waals surface area contributed by atoms with E-state index in [1.165, 1.54) is 0 Å². The molecule has 3 heteroatoms. The van der Waals surface area contributed by atoms with Gasteiger partial charge in [0.05, 0.1) is 6.67 Å². The molecule has 0 saturated carbocycles. The van der Waals surface area contributed by atoms with Crippen molar-refractivity contribution in [1.29, 1.82) is 0 Å². The van der Waals surface area contributed by atoms with E-state index < -0.39 is 0 Å². The van der Waals surface area contributed by atoms with Crippen molar-refractivity contribution in [2.24, 2.45) is 5.73 Å². The summed E-state index contributed by atoms with van der Waals surface area (Å²) in [5, 5.41) is 0. The fraction of sp³-hybridized carbons (Fsp3) is 0.0769. The van der Waals surface area contributed by atoms with Crippen molar-refractivity contribution in [3.63, 3.8) is 0 Å². The molecule has 0 heterocycles. The summed E-state index contributed by atoms with van der Waals surface area (Å²) < 4.78 is 0. The molecule has 2 nitrogen and oxygen atoms in total. The molecule has 0 bridgehead atoms. The Bertz CT molecular complexity index is 363. The van der Waals surface area contributed by atoms with Gasteiger partial charge in [0, 0.05) is 30.2 Å². The molecule has 0 amide bonds. The molecule has 2 aromatic rings. The Morgan fingerprint density at radius 3 is 1.44 bits per heavy atom. The molecule has 0 spiro atoms. The van der Waals surface area contributed by atoms with E-state index in [0.29, 0.717) is 6.67 Å². The van der Waals surface area contributed by atoms with Crippen molar-refractivity contribution in [2.45, 2.75) is 0 Å². The average molecular weight is 205 g/mol. The number of para-hydroxylation sites is 2. The van der Waals surface area contributed by atoms with Crippen LogP contribution in [0, 0.1) is 0 Å². The zero-order chi connectivity index (χ0) is 10.5. The van der Waals surface area contributed by atoms with E-state index in [9.17, 15) is 0 Å². The van der Waals surface area contributed by atoms with Crippen molar-refractivity contribution in [3.05, 3.63) is 60.7 Å². The minimum absolute atomic E-state index is 0. The number of hydrogen-bond acceptors (Lipinski definition) is 2. The number of nitrogens with two attached hydrogens (primary N) is 1. The second-order valence-corrected chi connectivity index (χ2v) is 3.28. The summed E-state index contributed by atoms with van der Waals surface area (Å²) in [6, 6.07) is 20.3. The van der Waals surface area contributed by atoms with Gasteiger partial charge in [-0.1, -0.05) is 36.4 Å². The first kappa shape index (κ1) is 12.9. The molecular weight excluding hydrogens is 191 g/mol. The van der Waals surface area contributed by atoms with Crippen molar-refractivity contribution in [2.75, 3.05) is 11.6 Å². The van der Waals surface area contributed by atoms with Crippen LogP contribution in [0.4, 0.5) is 11.4 Å². The molecule has 2 N–H and O–H groups in total. The number of benzene rings is 2. The molecule has 0 fully saturated rings. The second-order valence-electron chi connectivity index (χ2n) is 3.28. The van der Waals surface area contributed by atoms with Crippen molar-refractivity contribution in [1.82, 2.24) is 0 Å². The summed E-state index contributed by atoms with van der Waals surface area (Å²) in [7, 11) is 0. The van der Waals surface area contributed by atoms with Gasteiger partial charge in [0.2, 0.25) is 0 Å². The number of rotatable bonds is 3. The van der Waals surface area contributed by atoms with E-state index in [1.54, 1.807) is 0 Å². The normalized spacial score (nSPS) is 9.31. The molecule has 77 valence electrons. The molecule has 0 unspecified atom stereocenters. The van der Waals surface area contributed by atoms with E-state index in [4.69, 9.17) is 5.73 Å². The Morgan fingerprint density at radius 1 is 0.750 bits per heavy atom. The van der Waals surface area contributed by atoms with Crippen molar-refractivity contribution in [3.8, 4) is 0 Å². The molecule has 2 aromatic carbocycles. The smallest absolute Gasteiger partial charge is 0.0706 e. The molecule has 0 aliphatic rings. The predicted octanol–water partition coefficient (Wildman–Crippen LogP) is 2.36. The first-order valence-corrected chi connectivity index (χ1v) is 4.99. The van der Waals surface area contributed by atoms with Crippen LogP contribution in [0.3, 0.4) is 0 Å². The van der Waals surface area contributed by atoms with E-state index in [1.807, 2.05) is 36.4 Å². The van der Waals surface area contributed by atoms with Gasteiger partial charge < -0.3 is 10.6 Å². The maximum Gasteiger partial charge on any atom is 0.0706 e. The van der Waals surface area contributed by atoms with Gasteiger partial charge in [0.25, 0.3) is 0 Å². The summed E-state index contributed by atoms with van der Waals surface area (Å²) in [4.78, 5) is 2.07. The zero-order valence-corrected chi connectivity index (χ0v) is 9.51. The van der Waals surface area contributed by atoms with Gasteiger partial charge in [-0.2, -0.15) is 0 Å². The van der Waals surface area contributed by atoms with E-state index in [0.717, 1.165) is 11.4 Å². The van der Waals surface area contributed by atoms with E-state index in [-0.39, 0.29) is 18.9 Å². The van der Waals surface area contributed by atoms with Gasteiger partial charge in [-0.05, 0) is 24.3 Å². The maximum atomic E-state index is 5.76. The summed E-state index contributed by atoms with van der Waals surface area (Å²) >= 11 is 0. The molecule has 0 aliphatic carbocycles. The number of hydrogen-bond donors (Lipinski definition) is 1. The third-order valence-electron chi connectivity index (χ3n) is 2.32. The van der Waals surface area contributed by atoms with Crippen LogP contribution in [0.15, 0.2) is 60.7 Å². The van der Waals surface area contributed by atoms with Gasteiger partial charge in [-0.25, -0.2) is 0 Å². The third kappa shape index (κ3) is 2.90. The van der Waals surface area contributed by atoms with Gasteiger partial charge in [0.15, 0.2) is 0 Å². The average Bonchev–Trinajstić information content (AvgIpc) is 2.33. The Balaban J connectivity index is 0.00000128. The Kier molecular flexibility index (Phi) is 5.14. The van der Waals surface area contributed by atoms with Crippen molar-refractivity contribution < 1.29 is 0 Å². The summed E-state index contributed by atoms with van der Waals surface area (Å²) in [6.45, 7) is 0.480. The maximum absolute atomic E-state index is 5.76. The van der Waals surface area contributed by atoms with Gasteiger partial charge in [0.1, 0.15) is 0 Å². The largest absolute Gasteiger partial charge is 0.328 e. The first-order chi connectivity index (χ1) is 7.42. The van der Waals surface area contributed by atoms with E-state index in [2.05, 4.69) is 29.2 Å². The Morgan fingerprint density at radius 2 is 1.12 bits per heavy atom. The molecule has 0 aromatic heterocycles. The van der Waals surface area contributed by atoms with Crippen LogP contribution in [-0.4, -0.2) is 25.5 Å². The quantitative estimate of drug-likeness (QED) is 0.615. The summed E-state index contributed by atoms with van der Waals surface area (Å²) in [5.41, 5.74) is 8.00. The molecule has 16 heavy (non-hydrogen) atoms. The fourth-order valence-corrected chi connectivity index (χ4v) is 1.58. The first-order valence-electron chi connectivity index (χ1n) is 4.99. The van der Waals surface area contributed by atoms with Crippen LogP contribution in [-0.2, 0) is 0 Å². The molecule has 0 aliphatic heterocycles. The molecule has 0 saturated heterocycles. The fourth-order valence-electron chi connectivity index (χ4n) is 1.58. The molecule has 1 radical (unpaired) electrons. The monoisotopic (exact) mass is 205 g/mol. The molecule has 2 rings (SSSR count).